The number of amides is 4. The van der Waals surface area contributed by atoms with Gasteiger partial charge in [0.1, 0.15) is 18.1 Å². The molecule has 2 aliphatic rings. The molecule has 4 amide bonds. The van der Waals surface area contributed by atoms with Gasteiger partial charge in [-0.05, 0) is 68.1 Å². The number of ketones is 1. The molecule has 0 aromatic heterocycles. The molecule has 45 heavy (non-hydrogen) atoms. The van der Waals surface area contributed by atoms with Gasteiger partial charge in [0.15, 0.2) is 0 Å². The first-order chi connectivity index (χ1) is 21.6. The zero-order chi connectivity index (χ0) is 32.3. The van der Waals surface area contributed by atoms with Crippen LogP contribution in [0.3, 0.4) is 0 Å². The normalized spacial score (nSPS) is 18.7. The summed E-state index contributed by atoms with van der Waals surface area (Å²) in [6, 6.07) is 10.5. The number of urea groups is 1. The largest absolute Gasteiger partial charge is 0.489 e. The van der Waals surface area contributed by atoms with E-state index in [-0.39, 0.29) is 48.2 Å². The van der Waals surface area contributed by atoms with E-state index in [0.29, 0.717) is 65.4 Å². The van der Waals surface area contributed by atoms with Crippen molar-refractivity contribution in [3.8, 4) is 5.75 Å². The van der Waals surface area contributed by atoms with Crippen molar-refractivity contribution in [3.05, 3.63) is 52.5 Å². The van der Waals surface area contributed by atoms with Gasteiger partial charge < -0.3 is 30.7 Å². The van der Waals surface area contributed by atoms with Crippen molar-refractivity contribution >= 4 is 58.4 Å². The first-order valence-corrected chi connectivity index (χ1v) is 17.0. The van der Waals surface area contributed by atoms with Gasteiger partial charge in [-0.15, -0.1) is 0 Å². The Bertz CT molecular complexity index is 1370. The Hall–Kier alpha value is -3.28. The molecule has 2 saturated heterocycles. The number of fused-ring (bicyclic) bond motifs is 1. The van der Waals surface area contributed by atoms with Crippen molar-refractivity contribution in [3.63, 3.8) is 0 Å². The number of halogens is 1. The van der Waals surface area contributed by atoms with Crippen molar-refractivity contribution in [2.45, 2.75) is 76.6 Å². The summed E-state index contributed by atoms with van der Waals surface area (Å²) in [5.41, 5.74) is 2.22. The van der Waals surface area contributed by atoms with Crippen LogP contribution in [0.1, 0.15) is 68.3 Å². The molecule has 0 radical (unpaired) electrons. The molecule has 4 rings (SSSR count). The van der Waals surface area contributed by atoms with E-state index in [1.807, 2.05) is 18.7 Å². The molecule has 0 aliphatic carbocycles. The summed E-state index contributed by atoms with van der Waals surface area (Å²) in [7, 11) is 0. The van der Waals surface area contributed by atoms with E-state index in [2.05, 4.69) is 21.3 Å². The Labute approximate surface area is 274 Å². The van der Waals surface area contributed by atoms with Gasteiger partial charge >= 0.3 is 6.03 Å². The molecule has 4 N–H and O–H groups in total. The molecule has 2 heterocycles. The highest BCUT2D eigenvalue weighted by atomic mass is 35.5. The van der Waals surface area contributed by atoms with E-state index in [9.17, 15) is 19.2 Å². The number of hydrogen-bond acceptors (Lipinski definition) is 7. The maximum Gasteiger partial charge on any atom is 0.315 e. The minimum atomic E-state index is -0.330. The number of carbonyl (C=O) groups excluding carboxylic acids is 4. The van der Waals surface area contributed by atoms with Crippen LogP contribution in [0.5, 0.6) is 5.75 Å². The van der Waals surface area contributed by atoms with Crippen molar-refractivity contribution < 1.29 is 28.7 Å². The van der Waals surface area contributed by atoms with Crippen LogP contribution >= 0.6 is 23.4 Å². The first-order valence-electron chi connectivity index (χ1n) is 15.5. The summed E-state index contributed by atoms with van der Waals surface area (Å²) >= 11 is 7.99. The number of thioether (sulfide) groups is 1. The number of Topliss-reactive ketones (excluding diaryl/α,β-unsaturated/α-hetero) is 1. The second-order valence-corrected chi connectivity index (χ2v) is 13.4. The Balaban J connectivity index is 1.14. The smallest absolute Gasteiger partial charge is 0.315 e. The van der Waals surface area contributed by atoms with E-state index >= 15 is 0 Å². The monoisotopic (exact) mass is 658 g/mol. The number of aryl methyl sites for hydroxylation is 1. The fourth-order valence-electron chi connectivity index (χ4n) is 5.22. The summed E-state index contributed by atoms with van der Waals surface area (Å²) in [6.45, 7) is 6.43. The van der Waals surface area contributed by atoms with Crippen LogP contribution in [-0.4, -0.2) is 66.5 Å². The first kappa shape index (κ1) is 34.6. The summed E-state index contributed by atoms with van der Waals surface area (Å²) in [5, 5.41) is 12.7. The van der Waals surface area contributed by atoms with Crippen molar-refractivity contribution in [2.24, 2.45) is 5.92 Å². The Kier molecular flexibility index (Phi) is 13.0. The number of hydrogen-bond donors (Lipinski definition) is 4. The lowest BCUT2D eigenvalue weighted by Gasteiger charge is -2.16. The molecule has 12 heteroatoms. The maximum atomic E-state index is 12.9. The lowest BCUT2D eigenvalue weighted by molar-refractivity contribution is -0.120. The highest BCUT2D eigenvalue weighted by Crippen LogP contribution is 2.33. The van der Waals surface area contributed by atoms with Crippen LogP contribution in [0.4, 0.5) is 16.2 Å². The van der Waals surface area contributed by atoms with Gasteiger partial charge in [0.25, 0.3) is 5.91 Å². The molecule has 3 atom stereocenters. The van der Waals surface area contributed by atoms with E-state index in [1.54, 1.807) is 50.2 Å². The third-order valence-corrected chi connectivity index (χ3v) is 9.73. The third kappa shape index (κ3) is 10.4. The lowest BCUT2D eigenvalue weighted by Crippen LogP contribution is -2.36. The molecule has 0 saturated carbocycles. The average molecular weight is 659 g/mol. The van der Waals surface area contributed by atoms with Crippen molar-refractivity contribution in [1.29, 1.82) is 0 Å². The van der Waals surface area contributed by atoms with E-state index < -0.39 is 0 Å². The number of anilines is 2. The van der Waals surface area contributed by atoms with Crippen LogP contribution in [-0.2, 0) is 14.3 Å². The van der Waals surface area contributed by atoms with Crippen LogP contribution in [0.25, 0.3) is 0 Å². The zero-order valence-electron chi connectivity index (χ0n) is 26.1. The highest BCUT2D eigenvalue weighted by Gasteiger charge is 2.42. The van der Waals surface area contributed by atoms with Gasteiger partial charge in [-0.1, -0.05) is 31.9 Å². The molecule has 0 spiro atoms. The minimum Gasteiger partial charge on any atom is -0.489 e. The molecule has 1 unspecified atom stereocenters. The fourth-order valence-corrected chi connectivity index (χ4v) is 6.88. The van der Waals surface area contributed by atoms with E-state index in [1.165, 1.54) is 0 Å². The van der Waals surface area contributed by atoms with Gasteiger partial charge in [0.05, 0.1) is 24.4 Å². The predicted octanol–water partition coefficient (Wildman–Crippen LogP) is 5.97. The molecular weight excluding hydrogens is 616 g/mol. The van der Waals surface area contributed by atoms with Crippen molar-refractivity contribution in [1.82, 2.24) is 10.6 Å². The number of ether oxygens (including phenoxy) is 2. The molecule has 2 aromatic carbocycles. The summed E-state index contributed by atoms with van der Waals surface area (Å²) in [5.74, 6) is 0.834. The quantitative estimate of drug-likeness (QED) is 0.122. The second-order valence-electron chi connectivity index (χ2n) is 11.7. The molecule has 2 aromatic rings. The molecule has 2 aliphatic heterocycles. The maximum absolute atomic E-state index is 12.9. The van der Waals surface area contributed by atoms with Crippen LogP contribution in [0.15, 0.2) is 36.4 Å². The Morgan fingerprint density at radius 1 is 1.00 bits per heavy atom. The van der Waals surface area contributed by atoms with Gasteiger partial charge in [0, 0.05) is 52.6 Å². The topological polar surface area (TPSA) is 135 Å². The second kappa shape index (κ2) is 16.9. The Morgan fingerprint density at radius 3 is 2.58 bits per heavy atom. The average Bonchev–Trinajstić information content (AvgIpc) is 3.56. The number of carbonyl (C=O) groups is 4. The summed E-state index contributed by atoms with van der Waals surface area (Å²) in [4.78, 5) is 49.2. The van der Waals surface area contributed by atoms with Crippen LogP contribution in [0.2, 0.25) is 5.02 Å². The van der Waals surface area contributed by atoms with Gasteiger partial charge in [-0.25, -0.2) is 4.79 Å². The van der Waals surface area contributed by atoms with Gasteiger partial charge in [-0.2, -0.15) is 11.8 Å². The molecular formula is C33H43ClN4O6S. The van der Waals surface area contributed by atoms with Gasteiger partial charge in [0.2, 0.25) is 5.91 Å². The summed E-state index contributed by atoms with van der Waals surface area (Å²) in [6.07, 6.45) is 4.53. The van der Waals surface area contributed by atoms with Crippen LogP contribution in [0, 0.1) is 12.8 Å². The molecule has 10 nitrogen and oxygen atoms in total. The fraction of sp³-hybridized carbons (Fsp3) is 0.515. The SMILES string of the molecule is Cc1cc(NC(=O)c2ccc(OCCOCCCC(=O)CCCCC3SC[C@@H]4NC(=O)N[C@H]34)c(NC(=O)C(C)C)c2)ccc1Cl. The molecule has 0 bridgehead atoms. The highest BCUT2D eigenvalue weighted by molar-refractivity contribution is 8.00. The van der Waals surface area contributed by atoms with E-state index in [4.69, 9.17) is 21.1 Å². The third-order valence-electron chi connectivity index (χ3n) is 7.80. The Morgan fingerprint density at radius 2 is 1.80 bits per heavy atom. The molecule has 2 fully saturated rings. The minimum absolute atomic E-state index is 0.0691. The van der Waals surface area contributed by atoms with Crippen LogP contribution < -0.4 is 26.0 Å². The number of unbranched alkanes of at least 4 members (excludes halogenated alkanes) is 1. The van der Waals surface area contributed by atoms with Crippen molar-refractivity contribution in [2.75, 3.05) is 36.2 Å². The predicted molar refractivity (Wildman–Crippen MR) is 179 cm³/mol. The number of benzene rings is 2. The zero-order valence-corrected chi connectivity index (χ0v) is 27.7. The number of rotatable bonds is 17. The summed E-state index contributed by atoms with van der Waals surface area (Å²) < 4.78 is 11.6. The molecule has 244 valence electrons. The van der Waals surface area contributed by atoms with E-state index in [0.717, 1.165) is 30.6 Å². The standard InChI is InChI=1S/C33H43ClN4O6S/c1-20(2)31(40)36-26-18-22(32(41)35-23-11-12-25(34)21(3)17-23)10-13-28(26)44-16-15-43-14-6-8-24(39)7-4-5-9-29-30-27(19-45-29)37-33(42)38-30/h10-13,17-18,20,27,29-30H,4-9,14-16,19H2,1-3H3,(H,35,41)(H,36,40)(H2,37,38,42)/t27-,29?,30-/m0/s1. The van der Waals surface area contributed by atoms with Gasteiger partial charge in [-0.3, -0.25) is 14.4 Å². The lowest BCUT2D eigenvalue weighted by atomic mass is 10.0. The number of nitrogens with one attached hydrogen (secondary N) is 4.